The van der Waals surface area contributed by atoms with Crippen LogP contribution < -0.4 is 0 Å². The van der Waals surface area contributed by atoms with Crippen LogP contribution in [0.3, 0.4) is 0 Å². The van der Waals surface area contributed by atoms with E-state index >= 15 is 0 Å². The van der Waals surface area contributed by atoms with E-state index in [1.54, 1.807) is 6.08 Å². The standard InChI is InChI=1S/C21H25NO5/c1-22(11-12-2-3-12)9-8-20-17-13(4-5-14(23)18(17)25)10-16(22)21(20,27)7-6-15(24)19(20)26/h4-5,10,12,16,19,26-27H,2-3,6-9,11H2,1H3/p+1/t16-,19?,20+,21-,22?/m1/s1. The van der Waals surface area contributed by atoms with Gasteiger partial charge in [-0.2, -0.15) is 0 Å². The van der Waals surface area contributed by atoms with Crippen molar-refractivity contribution in [3.05, 3.63) is 35.1 Å². The average Bonchev–Trinajstić information content (AvgIpc) is 3.43. The predicted molar refractivity (Wildman–Crippen MR) is 96.6 cm³/mol. The van der Waals surface area contributed by atoms with Gasteiger partial charge in [-0.3, -0.25) is 9.59 Å². The van der Waals surface area contributed by atoms with Crippen LogP contribution in [0.2, 0.25) is 0 Å². The molecule has 0 aromatic carbocycles. The number of likely N-dealkylation sites (N-methyl/N-ethyl adjacent to an activating group) is 1. The number of allylic oxidation sites excluding steroid dienone is 3. The third kappa shape index (κ3) is 2.01. The van der Waals surface area contributed by atoms with Crippen LogP contribution in [0.1, 0.15) is 32.1 Å². The molecule has 144 valence electrons. The maximum absolute atomic E-state index is 12.5. The molecule has 5 atom stereocenters. The number of aliphatic hydroxyl groups excluding tert-OH is 2. The number of fused-ring (bicyclic) bond motifs is 1. The second-order valence-electron chi connectivity index (χ2n) is 9.33. The number of carbonyl (C=O) groups excluding carboxylic acids is 2. The van der Waals surface area contributed by atoms with E-state index in [4.69, 9.17) is 0 Å². The van der Waals surface area contributed by atoms with Crippen LogP contribution >= 0.6 is 0 Å². The Bertz CT molecular complexity index is 853. The molecule has 4 aliphatic carbocycles. The Kier molecular flexibility index (Phi) is 3.33. The minimum Gasteiger partial charge on any atom is -0.504 e. The third-order valence-electron chi connectivity index (χ3n) is 7.80. The van der Waals surface area contributed by atoms with Crippen LogP contribution in [0.25, 0.3) is 0 Å². The Morgan fingerprint density at radius 1 is 1.22 bits per heavy atom. The van der Waals surface area contributed by atoms with Gasteiger partial charge in [0.05, 0.1) is 25.6 Å². The zero-order valence-corrected chi connectivity index (χ0v) is 15.5. The molecule has 2 saturated carbocycles. The van der Waals surface area contributed by atoms with E-state index in [1.807, 2.05) is 6.08 Å². The molecule has 6 heteroatoms. The quantitative estimate of drug-likeness (QED) is 0.628. The first-order valence-corrected chi connectivity index (χ1v) is 9.89. The maximum atomic E-state index is 12.5. The van der Waals surface area contributed by atoms with Gasteiger partial charge in [-0.25, -0.2) is 0 Å². The minimum atomic E-state index is -1.41. The number of piperidine rings is 1. The number of ketones is 2. The van der Waals surface area contributed by atoms with Gasteiger partial charge in [-0.05, 0) is 37.0 Å². The fourth-order valence-electron chi connectivity index (χ4n) is 6.29. The number of Topliss-reactive ketones (excluding diaryl/α,β-unsaturated/α-hetero) is 1. The molecule has 0 amide bonds. The van der Waals surface area contributed by atoms with E-state index in [2.05, 4.69) is 7.05 Å². The molecule has 6 nitrogen and oxygen atoms in total. The molecular formula is C21H26NO5+. The topological polar surface area (TPSA) is 94.8 Å². The second-order valence-corrected chi connectivity index (χ2v) is 9.33. The minimum absolute atomic E-state index is 0.111. The van der Waals surface area contributed by atoms with Gasteiger partial charge in [0.25, 0.3) is 0 Å². The maximum Gasteiger partial charge on any atom is 0.220 e. The summed E-state index contributed by atoms with van der Waals surface area (Å²) in [5.41, 5.74) is -1.74. The van der Waals surface area contributed by atoms with E-state index in [0.29, 0.717) is 28.9 Å². The first-order valence-electron chi connectivity index (χ1n) is 9.89. The smallest absolute Gasteiger partial charge is 0.220 e. The van der Waals surface area contributed by atoms with E-state index in [-0.39, 0.29) is 30.2 Å². The molecule has 2 bridgehead atoms. The molecule has 0 spiro atoms. The summed E-state index contributed by atoms with van der Waals surface area (Å²) >= 11 is 0. The first kappa shape index (κ1) is 17.3. The molecule has 1 saturated heterocycles. The van der Waals surface area contributed by atoms with Crippen LogP contribution in [0.4, 0.5) is 0 Å². The normalized spacial score (nSPS) is 46.1. The van der Waals surface area contributed by atoms with E-state index in [9.17, 15) is 24.9 Å². The lowest BCUT2D eigenvalue weighted by Gasteiger charge is -2.65. The molecule has 0 radical (unpaired) electrons. The molecular weight excluding hydrogens is 346 g/mol. The highest BCUT2D eigenvalue weighted by Gasteiger charge is 2.73. The number of carbonyl (C=O) groups is 2. The molecule has 5 rings (SSSR count). The average molecular weight is 372 g/mol. The largest absolute Gasteiger partial charge is 0.504 e. The molecule has 1 heterocycles. The summed E-state index contributed by atoms with van der Waals surface area (Å²) < 4.78 is 0.670. The number of rotatable bonds is 2. The fraction of sp³-hybridized carbons (Fsp3) is 0.619. The van der Waals surface area contributed by atoms with Gasteiger partial charge >= 0.3 is 0 Å². The Balaban J connectivity index is 1.77. The van der Waals surface area contributed by atoms with Crippen molar-refractivity contribution in [2.75, 3.05) is 20.1 Å². The van der Waals surface area contributed by atoms with Crippen molar-refractivity contribution in [1.29, 1.82) is 0 Å². The van der Waals surface area contributed by atoms with Gasteiger partial charge in [0.2, 0.25) is 5.78 Å². The highest BCUT2D eigenvalue weighted by Crippen LogP contribution is 2.63. The molecule has 0 aromatic heterocycles. The van der Waals surface area contributed by atoms with Crippen molar-refractivity contribution in [2.45, 2.75) is 49.9 Å². The summed E-state index contributed by atoms with van der Waals surface area (Å²) in [4.78, 5) is 24.7. The van der Waals surface area contributed by atoms with Crippen molar-refractivity contribution in [2.24, 2.45) is 11.3 Å². The number of aliphatic hydroxyl groups is 3. The molecule has 5 aliphatic rings. The molecule has 27 heavy (non-hydrogen) atoms. The van der Waals surface area contributed by atoms with Gasteiger partial charge in [0.15, 0.2) is 11.5 Å². The summed E-state index contributed by atoms with van der Waals surface area (Å²) in [6, 6.07) is -0.279. The van der Waals surface area contributed by atoms with Gasteiger partial charge in [-0.15, -0.1) is 0 Å². The highest BCUT2D eigenvalue weighted by atomic mass is 16.3. The fourth-order valence-corrected chi connectivity index (χ4v) is 6.29. The van der Waals surface area contributed by atoms with Crippen molar-refractivity contribution < 1.29 is 29.4 Å². The molecule has 1 aliphatic heterocycles. The summed E-state index contributed by atoms with van der Waals surface area (Å²) in [7, 11) is 2.15. The van der Waals surface area contributed by atoms with Crippen molar-refractivity contribution in [3.8, 4) is 0 Å². The summed E-state index contributed by atoms with van der Waals surface area (Å²) in [6.45, 7) is 1.65. The lowest BCUT2D eigenvalue weighted by molar-refractivity contribution is -0.944. The number of hydrogen-bond acceptors (Lipinski definition) is 5. The molecule has 3 N–H and O–H groups in total. The zero-order chi connectivity index (χ0) is 19.2. The molecule has 3 fully saturated rings. The van der Waals surface area contributed by atoms with Gasteiger partial charge in [0, 0.05) is 24.3 Å². The Morgan fingerprint density at radius 3 is 2.67 bits per heavy atom. The van der Waals surface area contributed by atoms with E-state index < -0.39 is 28.7 Å². The SMILES string of the molecule is C[N+]1(CC2CC2)CC[C@@]23C4=C(O)C(=O)C=CC4=C[C@@H]1[C@]2(O)CCC(=O)C3O. The summed E-state index contributed by atoms with van der Waals surface area (Å²) in [5.74, 6) is -0.634. The van der Waals surface area contributed by atoms with Crippen LogP contribution in [0.15, 0.2) is 35.1 Å². The highest BCUT2D eigenvalue weighted by molar-refractivity contribution is 6.06. The third-order valence-corrected chi connectivity index (χ3v) is 7.80. The van der Waals surface area contributed by atoms with Crippen LogP contribution in [0, 0.1) is 11.3 Å². The summed E-state index contributed by atoms with van der Waals surface area (Å²) in [6.07, 6.45) is 6.68. The van der Waals surface area contributed by atoms with Crippen LogP contribution in [-0.4, -0.2) is 69.3 Å². The monoisotopic (exact) mass is 372 g/mol. The van der Waals surface area contributed by atoms with Crippen LogP contribution in [0.5, 0.6) is 0 Å². The lowest BCUT2D eigenvalue weighted by atomic mass is 9.47. The van der Waals surface area contributed by atoms with Gasteiger partial charge in [0.1, 0.15) is 17.7 Å². The first-order chi connectivity index (χ1) is 12.7. The van der Waals surface area contributed by atoms with Gasteiger partial charge < -0.3 is 19.8 Å². The van der Waals surface area contributed by atoms with E-state index in [1.165, 1.54) is 18.9 Å². The Morgan fingerprint density at radius 2 is 1.96 bits per heavy atom. The Hall–Kier alpha value is -1.76. The number of nitrogens with zero attached hydrogens (tertiary/aromatic N) is 1. The Labute approximate surface area is 158 Å². The van der Waals surface area contributed by atoms with Crippen LogP contribution in [-0.2, 0) is 9.59 Å². The number of likely N-dealkylation sites (tertiary alicyclic amines) is 1. The van der Waals surface area contributed by atoms with Crippen molar-refractivity contribution in [1.82, 2.24) is 0 Å². The lowest BCUT2D eigenvalue weighted by Crippen LogP contribution is -2.79. The predicted octanol–water partition coefficient (Wildman–Crippen LogP) is 0.948. The zero-order valence-electron chi connectivity index (χ0n) is 15.5. The molecule has 2 unspecified atom stereocenters. The second kappa shape index (κ2) is 5.19. The van der Waals surface area contributed by atoms with E-state index in [0.717, 1.165) is 6.54 Å². The number of hydrogen-bond donors (Lipinski definition) is 3. The van der Waals surface area contributed by atoms with Crippen molar-refractivity contribution >= 4 is 11.6 Å². The number of quaternary nitrogens is 1. The molecule has 0 aromatic rings. The van der Waals surface area contributed by atoms with Gasteiger partial charge in [-0.1, -0.05) is 6.08 Å². The summed E-state index contributed by atoms with van der Waals surface area (Å²) in [5, 5.41) is 33.7. The van der Waals surface area contributed by atoms with Crippen molar-refractivity contribution in [3.63, 3.8) is 0 Å².